The Morgan fingerprint density at radius 1 is 1.07 bits per heavy atom. The number of ether oxygens (including phenoxy) is 1. The molecule has 0 saturated carbocycles. The Bertz CT molecular complexity index is 1170. The number of hydrogen-bond donors (Lipinski definition) is 2. The molecular weight excluding hydrogens is 401 g/mol. The number of nitrogens with zero attached hydrogens (tertiary/aromatic N) is 2. The van der Waals surface area contributed by atoms with Crippen LogP contribution in [0.5, 0.6) is 5.75 Å². The summed E-state index contributed by atoms with van der Waals surface area (Å²) in [7, 11) is 0. The summed E-state index contributed by atoms with van der Waals surface area (Å²) in [4.78, 5) is 28.1. The number of para-hydroxylation sites is 3. The first-order valence-electron chi connectivity index (χ1n) is 8.87. The summed E-state index contributed by atoms with van der Waals surface area (Å²) in [6.07, 6.45) is -3.12. The Balaban J connectivity index is 1.46. The highest BCUT2D eigenvalue weighted by molar-refractivity contribution is 5.99. The highest BCUT2D eigenvalue weighted by atomic mass is 19.4. The van der Waals surface area contributed by atoms with Gasteiger partial charge in [0.05, 0.1) is 16.6 Å². The molecule has 0 fully saturated rings. The third-order valence-electron chi connectivity index (χ3n) is 4.45. The molecule has 1 aliphatic heterocycles. The lowest BCUT2D eigenvalue weighted by atomic mass is 10.1. The van der Waals surface area contributed by atoms with Crippen molar-refractivity contribution in [3.63, 3.8) is 0 Å². The third kappa shape index (κ3) is 3.84. The van der Waals surface area contributed by atoms with Crippen molar-refractivity contribution in [2.45, 2.75) is 12.7 Å². The number of alkyl halides is 3. The van der Waals surface area contributed by atoms with Crippen LogP contribution in [0.25, 0.3) is 17.1 Å². The van der Waals surface area contributed by atoms with Crippen molar-refractivity contribution in [2.75, 3.05) is 6.61 Å². The number of benzene rings is 2. The average Bonchev–Trinajstić information content (AvgIpc) is 3.10. The van der Waals surface area contributed by atoms with Gasteiger partial charge in [-0.1, -0.05) is 30.3 Å². The summed E-state index contributed by atoms with van der Waals surface area (Å²) < 4.78 is 46.2. The van der Waals surface area contributed by atoms with Gasteiger partial charge in [-0.2, -0.15) is 13.2 Å². The van der Waals surface area contributed by atoms with Gasteiger partial charge in [0.1, 0.15) is 18.9 Å². The predicted octanol–water partition coefficient (Wildman–Crippen LogP) is 2.68. The van der Waals surface area contributed by atoms with E-state index in [0.717, 1.165) is 4.57 Å². The number of rotatable bonds is 3. The maximum absolute atomic E-state index is 13.3. The van der Waals surface area contributed by atoms with E-state index in [2.05, 4.69) is 15.8 Å². The van der Waals surface area contributed by atoms with Gasteiger partial charge in [0.25, 0.3) is 11.8 Å². The molecule has 0 radical (unpaired) electrons. The first kappa shape index (κ1) is 19.5. The van der Waals surface area contributed by atoms with E-state index in [0.29, 0.717) is 11.3 Å². The van der Waals surface area contributed by atoms with Gasteiger partial charge >= 0.3 is 6.18 Å². The van der Waals surface area contributed by atoms with Gasteiger partial charge in [-0.15, -0.1) is 0 Å². The Morgan fingerprint density at radius 3 is 2.60 bits per heavy atom. The molecule has 2 heterocycles. The molecule has 1 aliphatic rings. The zero-order chi connectivity index (χ0) is 21.3. The lowest BCUT2D eigenvalue weighted by Gasteiger charge is -2.18. The molecule has 7 nitrogen and oxygen atoms in total. The van der Waals surface area contributed by atoms with E-state index in [1.807, 2.05) is 0 Å². The second kappa shape index (κ2) is 7.54. The molecule has 2 N–H and O–H groups in total. The number of aromatic nitrogens is 2. The van der Waals surface area contributed by atoms with Crippen LogP contribution < -0.4 is 15.6 Å². The standard InChI is InChI=1S/C20H15F3N4O3/c21-20(22,23)19-24-14-6-2-3-7-15(14)27(19)10-17(28)25-26-18(29)13-9-12-5-1-4-8-16(12)30-11-13/h1-9H,10-11H2,(H,25,28)(H,26,29). The third-order valence-corrected chi connectivity index (χ3v) is 4.45. The van der Waals surface area contributed by atoms with Crippen LogP contribution in [-0.4, -0.2) is 28.0 Å². The topological polar surface area (TPSA) is 85.3 Å². The molecule has 30 heavy (non-hydrogen) atoms. The molecular formula is C20H15F3N4O3. The Morgan fingerprint density at radius 2 is 1.80 bits per heavy atom. The van der Waals surface area contributed by atoms with E-state index in [4.69, 9.17) is 4.74 Å². The van der Waals surface area contributed by atoms with E-state index < -0.39 is 30.4 Å². The fourth-order valence-corrected chi connectivity index (χ4v) is 3.09. The van der Waals surface area contributed by atoms with Crippen LogP contribution in [-0.2, 0) is 22.3 Å². The van der Waals surface area contributed by atoms with Crippen LogP contribution in [0.3, 0.4) is 0 Å². The minimum Gasteiger partial charge on any atom is -0.488 e. The molecule has 2 amide bonds. The van der Waals surface area contributed by atoms with Gasteiger partial charge < -0.3 is 9.30 Å². The summed E-state index contributed by atoms with van der Waals surface area (Å²) >= 11 is 0. The molecule has 0 spiro atoms. The second-order valence-electron chi connectivity index (χ2n) is 6.51. The smallest absolute Gasteiger partial charge is 0.449 e. The van der Waals surface area contributed by atoms with Crippen molar-refractivity contribution in [3.05, 3.63) is 65.5 Å². The molecule has 0 bridgehead atoms. The SMILES string of the molecule is O=C(Cn1c(C(F)(F)F)nc2ccccc21)NNC(=O)C1=Cc2ccccc2OC1. The molecule has 2 aromatic carbocycles. The second-order valence-corrected chi connectivity index (χ2v) is 6.51. The van der Waals surface area contributed by atoms with Crippen molar-refractivity contribution in [1.29, 1.82) is 0 Å². The van der Waals surface area contributed by atoms with Crippen molar-refractivity contribution < 1.29 is 27.5 Å². The summed E-state index contributed by atoms with van der Waals surface area (Å²) in [5.74, 6) is -2.02. The largest absolute Gasteiger partial charge is 0.488 e. The summed E-state index contributed by atoms with van der Waals surface area (Å²) in [5, 5.41) is 0. The van der Waals surface area contributed by atoms with Crippen molar-refractivity contribution >= 4 is 28.9 Å². The zero-order valence-corrected chi connectivity index (χ0v) is 15.4. The Kier molecular flexibility index (Phi) is 4.90. The fourth-order valence-electron chi connectivity index (χ4n) is 3.09. The number of fused-ring (bicyclic) bond motifs is 2. The summed E-state index contributed by atoms with van der Waals surface area (Å²) in [6.45, 7) is -0.670. The maximum atomic E-state index is 13.3. The highest BCUT2D eigenvalue weighted by Crippen LogP contribution is 2.31. The van der Waals surface area contributed by atoms with E-state index in [-0.39, 0.29) is 23.2 Å². The van der Waals surface area contributed by atoms with E-state index in [1.54, 1.807) is 42.5 Å². The number of nitrogens with one attached hydrogen (secondary N) is 2. The molecule has 154 valence electrons. The van der Waals surface area contributed by atoms with Gasteiger partial charge in [-0.3, -0.25) is 20.4 Å². The van der Waals surface area contributed by atoms with Crippen LogP contribution in [0, 0.1) is 0 Å². The van der Waals surface area contributed by atoms with Crippen LogP contribution in [0.4, 0.5) is 13.2 Å². The minimum absolute atomic E-state index is 0.00307. The van der Waals surface area contributed by atoms with Crippen LogP contribution >= 0.6 is 0 Å². The van der Waals surface area contributed by atoms with Gasteiger partial charge in [-0.25, -0.2) is 4.98 Å². The number of amides is 2. The van der Waals surface area contributed by atoms with Gasteiger partial charge in [0, 0.05) is 5.56 Å². The number of carbonyl (C=O) groups is 2. The Labute approximate surface area is 168 Å². The number of halogens is 3. The van der Waals surface area contributed by atoms with Crippen molar-refractivity contribution in [3.8, 4) is 5.75 Å². The van der Waals surface area contributed by atoms with Crippen molar-refractivity contribution in [1.82, 2.24) is 20.4 Å². The van der Waals surface area contributed by atoms with Crippen LogP contribution in [0.1, 0.15) is 11.4 Å². The zero-order valence-electron chi connectivity index (χ0n) is 15.4. The number of hydrazine groups is 1. The lowest BCUT2D eigenvalue weighted by molar-refractivity contribution is -0.147. The quantitative estimate of drug-likeness (QED) is 0.643. The molecule has 4 rings (SSSR count). The predicted molar refractivity (Wildman–Crippen MR) is 101 cm³/mol. The van der Waals surface area contributed by atoms with Crippen molar-refractivity contribution in [2.24, 2.45) is 0 Å². The first-order chi connectivity index (χ1) is 14.3. The first-order valence-corrected chi connectivity index (χ1v) is 8.87. The Hall–Kier alpha value is -3.82. The van der Waals surface area contributed by atoms with Gasteiger partial charge in [-0.05, 0) is 24.3 Å². The van der Waals surface area contributed by atoms with Gasteiger partial charge in [0.15, 0.2) is 0 Å². The summed E-state index contributed by atoms with van der Waals surface area (Å²) in [6, 6.07) is 13.1. The van der Waals surface area contributed by atoms with E-state index in [1.165, 1.54) is 12.1 Å². The monoisotopic (exact) mass is 416 g/mol. The maximum Gasteiger partial charge on any atom is 0.449 e. The lowest BCUT2D eigenvalue weighted by Crippen LogP contribution is -2.44. The number of imidazole rings is 1. The molecule has 3 aromatic rings. The molecule has 1 aromatic heterocycles. The summed E-state index contributed by atoms with van der Waals surface area (Å²) in [5.41, 5.74) is 5.58. The molecule has 0 saturated heterocycles. The average molecular weight is 416 g/mol. The normalized spacial score (nSPS) is 13.2. The number of carbonyl (C=O) groups excluding carboxylic acids is 2. The van der Waals surface area contributed by atoms with Crippen LogP contribution in [0.15, 0.2) is 54.1 Å². The molecule has 0 atom stereocenters. The van der Waals surface area contributed by atoms with E-state index in [9.17, 15) is 22.8 Å². The molecule has 0 aliphatic carbocycles. The minimum atomic E-state index is -4.74. The van der Waals surface area contributed by atoms with Crippen LogP contribution in [0.2, 0.25) is 0 Å². The highest BCUT2D eigenvalue weighted by Gasteiger charge is 2.38. The molecule has 10 heteroatoms. The fraction of sp³-hybridized carbons (Fsp3) is 0.150. The number of hydrogen-bond acceptors (Lipinski definition) is 4. The van der Waals surface area contributed by atoms with Gasteiger partial charge in [0.2, 0.25) is 5.82 Å². The van der Waals surface area contributed by atoms with E-state index >= 15 is 0 Å². The molecule has 0 unspecified atom stereocenters.